The number of anilines is 1. The first-order valence-corrected chi connectivity index (χ1v) is 9.14. The van der Waals surface area contributed by atoms with E-state index in [2.05, 4.69) is 10.3 Å². The van der Waals surface area contributed by atoms with Gasteiger partial charge in [0.1, 0.15) is 6.07 Å². The largest absolute Gasteiger partial charge is 0.456 e. The number of hydrogen-bond acceptors (Lipinski definition) is 4. The van der Waals surface area contributed by atoms with Gasteiger partial charge < -0.3 is 15.0 Å². The molecule has 2 N–H and O–H groups in total. The van der Waals surface area contributed by atoms with Crippen molar-refractivity contribution < 1.29 is 14.3 Å². The van der Waals surface area contributed by atoms with E-state index in [-0.39, 0.29) is 18.1 Å². The topological polar surface area (TPSA) is 95.0 Å². The van der Waals surface area contributed by atoms with E-state index in [9.17, 15) is 9.59 Å². The number of rotatable bonds is 7. The number of carbonyl (C=O) groups excluding carboxylic acids is 2. The van der Waals surface area contributed by atoms with Crippen molar-refractivity contribution >= 4 is 40.1 Å². The molecule has 3 rings (SSSR count). The fourth-order valence-corrected chi connectivity index (χ4v) is 3.08. The van der Waals surface area contributed by atoms with E-state index in [1.807, 2.05) is 36.5 Å². The molecule has 0 unspecified atom stereocenters. The van der Waals surface area contributed by atoms with Gasteiger partial charge >= 0.3 is 5.97 Å². The zero-order valence-corrected chi connectivity index (χ0v) is 15.8. The number of carbonyl (C=O) groups is 2. The van der Waals surface area contributed by atoms with Gasteiger partial charge in [-0.3, -0.25) is 9.59 Å². The van der Waals surface area contributed by atoms with Crippen LogP contribution in [0.15, 0.2) is 48.7 Å². The van der Waals surface area contributed by atoms with Gasteiger partial charge in [-0.25, -0.2) is 0 Å². The van der Waals surface area contributed by atoms with E-state index in [1.165, 1.54) is 12.1 Å². The van der Waals surface area contributed by atoms with Crippen molar-refractivity contribution in [2.45, 2.75) is 19.3 Å². The number of aromatic nitrogens is 1. The third-order valence-corrected chi connectivity index (χ3v) is 4.55. The molecule has 0 saturated carbocycles. The summed E-state index contributed by atoms with van der Waals surface area (Å²) in [5, 5.41) is 12.8. The summed E-state index contributed by atoms with van der Waals surface area (Å²) in [4.78, 5) is 27.0. The van der Waals surface area contributed by atoms with Crippen LogP contribution in [0.1, 0.15) is 24.0 Å². The van der Waals surface area contributed by atoms with Crippen molar-refractivity contribution in [2.75, 3.05) is 11.9 Å². The number of esters is 1. The average molecular weight is 396 g/mol. The smallest absolute Gasteiger partial charge is 0.306 e. The van der Waals surface area contributed by atoms with Gasteiger partial charge in [0.15, 0.2) is 6.61 Å². The third kappa shape index (κ3) is 4.90. The molecule has 0 aliphatic carbocycles. The lowest BCUT2D eigenvalue weighted by atomic mass is 10.1. The minimum Gasteiger partial charge on any atom is -0.456 e. The van der Waals surface area contributed by atoms with Gasteiger partial charge in [0.25, 0.3) is 5.91 Å². The summed E-state index contributed by atoms with van der Waals surface area (Å²) < 4.78 is 5.01. The summed E-state index contributed by atoms with van der Waals surface area (Å²) in [7, 11) is 0. The van der Waals surface area contributed by atoms with E-state index < -0.39 is 11.9 Å². The van der Waals surface area contributed by atoms with Crippen molar-refractivity contribution in [3.63, 3.8) is 0 Å². The number of nitrogens with one attached hydrogen (secondary N) is 2. The molecule has 0 spiro atoms. The first kappa shape index (κ1) is 19.5. The maximum Gasteiger partial charge on any atom is 0.306 e. The summed E-state index contributed by atoms with van der Waals surface area (Å²) >= 11 is 5.91. The highest BCUT2D eigenvalue weighted by atomic mass is 35.5. The summed E-state index contributed by atoms with van der Waals surface area (Å²) in [6.07, 6.45) is 3.56. The van der Waals surface area contributed by atoms with Gasteiger partial charge in [-0.05, 0) is 42.7 Å². The van der Waals surface area contributed by atoms with Crippen LogP contribution in [-0.2, 0) is 20.7 Å². The van der Waals surface area contributed by atoms with E-state index in [0.29, 0.717) is 17.7 Å². The van der Waals surface area contributed by atoms with Crippen molar-refractivity contribution in [2.24, 2.45) is 0 Å². The molecule has 1 heterocycles. The standard InChI is InChI=1S/C21H18ClN3O3/c22-18-10-16(9-8-14(18)11-23)25-20(26)13-28-21(27)7-3-4-15-12-24-19-6-2-1-5-17(15)19/h1-2,5-6,8-10,12,24H,3-4,7,13H2,(H,25,26). The number of hydrogen-bond donors (Lipinski definition) is 2. The summed E-state index contributed by atoms with van der Waals surface area (Å²) in [5.41, 5.74) is 2.98. The number of para-hydroxylation sites is 1. The number of aryl methyl sites for hydroxylation is 1. The Labute approximate surface area is 167 Å². The monoisotopic (exact) mass is 395 g/mol. The highest BCUT2D eigenvalue weighted by molar-refractivity contribution is 6.32. The van der Waals surface area contributed by atoms with E-state index in [4.69, 9.17) is 21.6 Å². The maximum absolute atomic E-state index is 11.9. The Hall–Kier alpha value is -3.30. The van der Waals surface area contributed by atoms with Crippen LogP contribution in [0.5, 0.6) is 0 Å². The number of fused-ring (bicyclic) bond motifs is 1. The van der Waals surface area contributed by atoms with Crippen LogP contribution in [0.3, 0.4) is 0 Å². The highest BCUT2D eigenvalue weighted by Gasteiger charge is 2.10. The van der Waals surface area contributed by atoms with Crippen LogP contribution in [0.4, 0.5) is 5.69 Å². The Kier molecular flexibility index (Phi) is 6.30. The first-order chi connectivity index (χ1) is 13.6. The molecule has 0 saturated heterocycles. The van der Waals surface area contributed by atoms with Gasteiger partial charge in [0, 0.05) is 29.2 Å². The SMILES string of the molecule is N#Cc1ccc(NC(=O)COC(=O)CCCc2c[nH]c3ccccc23)cc1Cl. The summed E-state index contributed by atoms with van der Waals surface area (Å²) in [6, 6.07) is 14.5. The number of benzene rings is 2. The molecular weight excluding hydrogens is 378 g/mol. The second-order valence-electron chi connectivity index (χ2n) is 6.23. The zero-order valence-electron chi connectivity index (χ0n) is 15.0. The number of amides is 1. The Bertz CT molecular complexity index is 1050. The number of aromatic amines is 1. The lowest BCUT2D eigenvalue weighted by Gasteiger charge is -2.07. The molecule has 7 heteroatoms. The number of halogens is 1. The lowest BCUT2D eigenvalue weighted by Crippen LogP contribution is -2.20. The predicted octanol–water partition coefficient (Wildman–Crippen LogP) is 4.20. The molecule has 0 fully saturated rings. The Balaban J connectivity index is 1.41. The number of ether oxygens (including phenoxy) is 1. The van der Waals surface area contributed by atoms with Gasteiger partial charge in [-0.2, -0.15) is 5.26 Å². The molecule has 0 bridgehead atoms. The van der Waals surface area contributed by atoms with Crippen LogP contribution in [0.25, 0.3) is 10.9 Å². The van der Waals surface area contributed by atoms with Crippen LogP contribution in [0, 0.1) is 11.3 Å². The highest BCUT2D eigenvalue weighted by Crippen LogP contribution is 2.21. The molecule has 28 heavy (non-hydrogen) atoms. The number of H-pyrrole nitrogens is 1. The van der Waals surface area contributed by atoms with E-state index in [1.54, 1.807) is 6.07 Å². The van der Waals surface area contributed by atoms with Gasteiger partial charge in [0.2, 0.25) is 0 Å². The molecule has 142 valence electrons. The predicted molar refractivity (Wildman–Crippen MR) is 107 cm³/mol. The fourth-order valence-electron chi connectivity index (χ4n) is 2.86. The minimum absolute atomic E-state index is 0.232. The molecule has 0 aliphatic heterocycles. The van der Waals surface area contributed by atoms with Crippen LogP contribution < -0.4 is 5.32 Å². The molecule has 6 nitrogen and oxygen atoms in total. The van der Waals surface area contributed by atoms with Gasteiger partial charge in [-0.15, -0.1) is 0 Å². The molecular formula is C21H18ClN3O3. The Morgan fingerprint density at radius 3 is 2.82 bits per heavy atom. The van der Waals surface area contributed by atoms with Crippen LogP contribution >= 0.6 is 11.6 Å². The van der Waals surface area contributed by atoms with Crippen molar-refractivity contribution in [3.05, 3.63) is 64.8 Å². The average Bonchev–Trinajstić information content (AvgIpc) is 3.10. The van der Waals surface area contributed by atoms with Crippen LogP contribution in [-0.4, -0.2) is 23.5 Å². The molecule has 3 aromatic rings. The van der Waals surface area contributed by atoms with E-state index >= 15 is 0 Å². The molecule has 0 aliphatic rings. The van der Waals surface area contributed by atoms with Crippen LogP contribution in [0.2, 0.25) is 5.02 Å². The Morgan fingerprint density at radius 1 is 1.21 bits per heavy atom. The molecule has 0 radical (unpaired) electrons. The summed E-state index contributed by atoms with van der Waals surface area (Å²) in [6.45, 7) is -0.371. The number of nitrogens with zero attached hydrogens (tertiary/aromatic N) is 1. The first-order valence-electron chi connectivity index (χ1n) is 8.77. The minimum atomic E-state index is -0.467. The lowest BCUT2D eigenvalue weighted by molar-refractivity contribution is -0.147. The second-order valence-corrected chi connectivity index (χ2v) is 6.64. The van der Waals surface area contributed by atoms with Crippen molar-refractivity contribution in [3.8, 4) is 6.07 Å². The molecule has 1 aromatic heterocycles. The normalized spacial score (nSPS) is 10.4. The second kappa shape index (κ2) is 9.07. The molecule has 0 atom stereocenters. The van der Waals surface area contributed by atoms with Crippen molar-refractivity contribution in [1.82, 2.24) is 4.98 Å². The molecule has 2 aromatic carbocycles. The fraction of sp³-hybridized carbons (Fsp3) is 0.190. The molecule has 1 amide bonds. The number of nitriles is 1. The Morgan fingerprint density at radius 2 is 2.04 bits per heavy atom. The van der Waals surface area contributed by atoms with E-state index in [0.717, 1.165) is 22.9 Å². The van der Waals surface area contributed by atoms with Gasteiger partial charge in [-0.1, -0.05) is 29.8 Å². The maximum atomic E-state index is 11.9. The summed E-state index contributed by atoms with van der Waals surface area (Å²) in [5.74, 6) is -0.890. The quantitative estimate of drug-likeness (QED) is 0.586. The third-order valence-electron chi connectivity index (χ3n) is 4.24. The van der Waals surface area contributed by atoms with Gasteiger partial charge in [0.05, 0.1) is 10.6 Å². The zero-order chi connectivity index (χ0) is 19.9. The van der Waals surface area contributed by atoms with Crippen molar-refractivity contribution in [1.29, 1.82) is 5.26 Å².